The van der Waals surface area contributed by atoms with E-state index in [1.54, 1.807) is 0 Å². The van der Waals surface area contributed by atoms with Crippen molar-refractivity contribution in [2.24, 2.45) is 4.99 Å². The maximum absolute atomic E-state index is 11.8. The fourth-order valence-electron chi connectivity index (χ4n) is 2.05. The normalized spacial score (nSPS) is 16.7. The highest BCUT2D eigenvalue weighted by Gasteiger charge is 2.36. The molecule has 0 aliphatic carbocycles. The van der Waals surface area contributed by atoms with Gasteiger partial charge in [0, 0.05) is 6.42 Å². The molecular weight excluding hydrogens is 284 g/mol. The van der Waals surface area contributed by atoms with E-state index in [1.807, 2.05) is 19.9 Å². The van der Waals surface area contributed by atoms with Gasteiger partial charge in [0.1, 0.15) is 0 Å². The Morgan fingerprint density at radius 3 is 2.43 bits per heavy atom. The van der Waals surface area contributed by atoms with Crippen molar-refractivity contribution in [3.8, 4) is 0 Å². The van der Waals surface area contributed by atoms with Gasteiger partial charge in [-0.1, -0.05) is 43.5 Å². The number of carbonyl (C=O) groups excluding carboxylic acids is 2. The molecule has 1 aliphatic heterocycles. The van der Waals surface area contributed by atoms with Crippen LogP contribution in [0.15, 0.2) is 17.6 Å². The van der Waals surface area contributed by atoms with Crippen LogP contribution in [0.5, 0.6) is 0 Å². The zero-order valence-electron chi connectivity index (χ0n) is 13.1. The number of hydrogen-bond acceptors (Lipinski definition) is 3. The Bertz CT molecular complexity index is 417. The highest BCUT2D eigenvalue weighted by molar-refractivity contribution is 8.16. The number of unbranched alkanes of at least 4 members (excludes halogenated alkanes) is 6. The number of hydrogen-bond donors (Lipinski definition) is 1. The minimum absolute atomic E-state index is 0.0431. The molecule has 0 radical (unpaired) electrons. The monoisotopic (exact) mass is 310 g/mol. The summed E-state index contributed by atoms with van der Waals surface area (Å²) in [7, 11) is 0. The highest BCUT2D eigenvalue weighted by atomic mass is 32.2. The molecule has 0 atom stereocenters. The predicted octanol–water partition coefficient (Wildman–Crippen LogP) is 3.82. The van der Waals surface area contributed by atoms with Gasteiger partial charge >= 0.3 is 0 Å². The van der Waals surface area contributed by atoms with Crippen LogP contribution in [0.2, 0.25) is 0 Å². The first-order valence-electron chi connectivity index (χ1n) is 7.68. The van der Waals surface area contributed by atoms with E-state index in [9.17, 15) is 9.59 Å². The smallest absolute Gasteiger partial charge is 0.264 e. The lowest BCUT2D eigenvalue weighted by molar-refractivity contribution is -0.119. The van der Waals surface area contributed by atoms with Crippen molar-refractivity contribution in [3.63, 3.8) is 0 Å². The third-order valence-electron chi connectivity index (χ3n) is 3.38. The SMILES string of the molecule is C=CCCCCCCCCC(=O)NC1=NC(=O)C(C)(C)S1. The summed E-state index contributed by atoms with van der Waals surface area (Å²) < 4.78 is -0.548. The molecule has 1 heterocycles. The van der Waals surface area contributed by atoms with Crippen molar-refractivity contribution in [2.45, 2.75) is 70.0 Å². The molecule has 0 saturated heterocycles. The molecule has 1 rings (SSSR count). The molecule has 0 spiro atoms. The number of amidine groups is 1. The molecule has 0 aromatic rings. The van der Waals surface area contributed by atoms with Gasteiger partial charge in [-0.3, -0.25) is 9.59 Å². The lowest BCUT2D eigenvalue weighted by Crippen LogP contribution is -2.28. The lowest BCUT2D eigenvalue weighted by atomic mass is 10.1. The van der Waals surface area contributed by atoms with Crippen molar-refractivity contribution in [3.05, 3.63) is 12.7 Å². The average Bonchev–Trinajstić information content (AvgIpc) is 2.65. The maximum Gasteiger partial charge on any atom is 0.264 e. The van der Waals surface area contributed by atoms with Crippen LogP contribution >= 0.6 is 11.8 Å². The summed E-state index contributed by atoms with van der Waals surface area (Å²) >= 11 is 1.32. The Morgan fingerprint density at radius 1 is 1.24 bits per heavy atom. The van der Waals surface area contributed by atoms with Gasteiger partial charge in [-0.15, -0.1) is 6.58 Å². The lowest BCUT2D eigenvalue weighted by Gasteiger charge is -2.11. The molecule has 0 aromatic carbocycles. The van der Waals surface area contributed by atoms with Gasteiger partial charge in [-0.05, 0) is 33.1 Å². The summed E-state index contributed by atoms with van der Waals surface area (Å²) in [6.45, 7) is 7.34. The van der Waals surface area contributed by atoms with Gasteiger partial charge < -0.3 is 5.32 Å². The zero-order valence-corrected chi connectivity index (χ0v) is 13.9. The summed E-state index contributed by atoms with van der Waals surface area (Å²) in [5, 5.41) is 3.17. The Balaban J connectivity index is 2.06. The summed E-state index contributed by atoms with van der Waals surface area (Å²) in [6, 6.07) is 0. The van der Waals surface area contributed by atoms with E-state index in [1.165, 1.54) is 37.4 Å². The molecule has 0 fully saturated rings. The van der Waals surface area contributed by atoms with Gasteiger partial charge in [0.2, 0.25) is 5.91 Å². The topological polar surface area (TPSA) is 58.5 Å². The van der Waals surface area contributed by atoms with Crippen LogP contribution in [0.1, 0.15) is 65.2 Å². The summed E-state index contributed by atoms with van der Waals surface area (Å²) in [4.78, 5) is 27.2. The molecule has 5 heteroatoms. The number of thioether (sulfide) groups is 1. The quantitative estimate of drug-likeness (QED) is 0.520. The average molecular weight is 310 g/mol. The standard InChI is InChI=1S/C16H26N2O2S/c1-4-5-6-7-8-9-10-11-12-13(19)17-15-18-14(20)16(2,3)21-15/h4H,1,5-12H2,2-3H3,(H,17,18,19,20). The van der Waals surface area contributed by atoms with E-state index in [0.717, 1.165) is 19.3 Å². The van der Waals surface area contributed by atoms with E-state index >= 15 is 0 Å². The summed E-state index contributed by atoms with van der Waals surface area (Å²) in [5.74, 6) is -0.222. The van der Waals surface area contributed by atoms with Crippen LogP contribution in [0, 0.1) is 0 Å². The first kappa shape index (κ1) is 18.0. The van der Waals surface area contributed by atoms with Crippen molar-refractivity contribution in [1.82, 2.24) is 5.32 Å². The summed E-state index contributed by atoms with van der Waals surface area (Å²) in [5.41, 5.74) is 0. The molecule has 1 aliphatic rings. The molecular formula is C16H26N2O2S. The maximum atomic E-state index is 11.8. The fraction of sp³-hybridized carbons (Fsp3) is 0.688. The van der Waals surface area contributed by atoms with E-state index in [2.05, 4.69) is 16.9 Å². The minimum atomic E-state index is -0.548. The number of carbonyl (C=O) groups is 2. The number of amides is 2. The number of nitrogens with one attached hydrogen (secondary N) is 1. The molecule has 4 nitrogen and oxygen atoms in total. The molecule has 1 N–H and O–H groups in total. The molecule has 0 aromatic heterocycles. The van der Waals surface area contributed by atoms with E-state index < -0.39 is 4.75 Å². The van der Waals surface area contributed by atoms with Crippen LogP contribution in [-0.4, -0.2) is 21.7 Å². The van der Waals surface area contributed by atoms with Crippen molar-refractivity contribution in [1.29, 1.82) is 0 Å². The van der Waals surface area contributed by atoms with E-state index in [4.69, 9.17) is 0 Å². The zero-order chi connectivity index (χ0) is 15.7. The third kappa shape index (κ3) is 6.93. The second-order valence-corrected chi connectivity index (χ2v) is 7.44. The molecule has 0 saturated carbocycles. The minimum Gasteiger partial charge on any atom is -0.305 e. The van der Waals surface area contributed by atoms with Crippen LogP contribution in [0.25, 0.3) is 0 Å². The third-order valence-corrected chi connectivity index (χ3v) is 4.45. The van der Waals surface area contributed by atoms with Gasteiger partial charge in [-0.2, -0.15) is 4.99 Å². The van der Waals surface area contributed by atoms with E-state index in [0.29, 0.717) is 11.6 Å². The Kier molecular flexibility index (Phi) is 7.72. The molecule has 118 valence electrons. The van der Waals surface area contributed by atoms with Crippen LogP contribution in [0.3, 0.4) is 0 Å². The Labute approximate surface area is 131 Å². The Morgan fingerprint density at radius 2 is 1.86 bits per heavy atom. The number of rotatable bonds is 9. The van der Waals surface area contributed by atoms with Gasteiger partial charge in [-0.25, -0.2) is 0 Å². The number of allylic oxidation sites excluding steroid dienone is 1. The van der Waals surface area contributed by atoms with E-state index in [-0.39, 0.29) is 11.8 Å². The van der Waals surface area contributed by atoms with Crippen LogP contribution in [0.4, 0.5) is 0 Å². The van der Waals surface area contributed by atoms with Gasteiger partial charge in [0.25, 0.3) is 5.91 Å². The molecule has 0 bridgehead atoms. The van der Waals surface area contributed by atoms with Crippen LogP contribution < -0.4 is 5.32 Å². The van der Waals surface area contributed by atoms with Crippen molar-refractivity contribution in [2.75, 3.05) is 0 Å². The number of nitrogens with zero attached hydrogens (tertiary/aromatic N) is 1. The largest absolute Gasteiger partial charge is 0.305 e. The predicted molar refractivity (Wildman–Crippen MR) is 89.4 cm³/mol. The second-order valence-electron chi connectivity index (χ2n) is 5.83. The van der Waals surface area contributed by atoms with Crippen molar-refractivity contribution < 1.29 is 9.59 Å². The first-order chi connectivity index (χ1) is 9.95. The van der Waals surface area contributed by atoms with Gasteiger partial charge in [0.15, 0.2) is 5.17 Å². The van der Waals surface area contributed by atoms with Crippen molar-refractivity contribution >= 4 is 28.7 Å². The molecule has 21 heavy (non-hydrogen) atoms. The molecule has 0 unspecified atom stereocenters. The first-order valence-corrected chi connectivity index (χ1v) is 8.50. The van der Waals surface area contributed by atoms with Gasteiger partial charge in [0.05, 0.1) is 4.75 Å². The molecule has 2 amide bonds. The second kappa shape index (κ2) is 9.03. The fourth-order valence-corrected chi connectivity index (χ4v) is 2.96. The number of aliphatic imine (C=N–C) groups is 1. The van der Waals surface area contributed by atoms with Crippen LogP contribution in [-0.2, 0) is 9.59 Å². The Hall–Kier alpha value is -1.10. The highest BCUT2D eigenvalue weighted by Crippen LogP contribution is 2.32. The summed E-state index contributed by atoms with van der Waals surface area (Å²) in [6.07, 6.45) is 10.4.